The molecule has 0 saturated carbocycles. The first-order chi connectivity index (χ1) is 27.6. The van der Waals surface area contributed by atoms with Crippen molar-refractivity contribution in [2.45, 2.75) is 144 Å². The Morgan fingerprint density at radius 2 is 1.39 bits per heavy atom. The largest absolute Gasteiger partial charge is 0.460 e. The van der Waals surface area contributed by atoms with E-state index in [2.05, 4.69) is 16.0 Å². The van der Waals surface area contributed by atoms with Crippen LogP contribution in [0, 0.1) is 23.7 Å². The van der Waals surface area contributed by atoms with E-state index in [9.17, 15) is 33.6 Å². The SMILES string of the molecule is CCC(C)C1NC(=O)CN(C)C(=O)[C@@H](Cc2ccccc2)N(C)C(=O)[C@H](C)NC(=O)[C@@H](CC(C)C)OC(=O)/C(C)=C/C[C@H](N)[C@H](C)[C@@H]([C@@H](C)CC)OC(=O)[C@@H](C)NC1=O. The van der Waals surface area contributed by atoms with Crippen LogP contribution in [0.2, 0.25) is 0 Å². The number of nitrogens with two attached hydrogens (primary N) is 1. The number of nitrogens with zero attached hydrogens (tertiary/aromatic N) is 2. The van der Waals surface area contributed by atoms with Gasteiger partial charge in [-0.25, -0.2) is 9.59 Å². The number of hydrogen-bond acceptors (Lipinski definition) is 10. The molecule has 15 heteroatoms. The summed E-state index contributed by atoms with van der Waals surface area (Å²) < 4.78 is 11.7. The van der Waals surface area contributed by atoms with E-state index in [4.69, 9.17) is 15.2 Å². The Bertz CT molecular complexity index is 1640. The van der Waals surface area contributed by atoms with Crippen molar-refractivity contribution in [2.24, 2.45) is 29.4 Å². The van der Waals surface area contributed by atoms with Crippen LogP contribution in [-0.2, 0) is 49.5 Å². The highest BCUT2D eigenvalue weighted by Gasteiger charge is 2.37. The number of rotatable bonds is 8. The second-order valence-electron chi connectivity index (χ2n) is 16.7. The first-order valence-corrected chi connectivity index (χ1v) is 20.9. The number of hydrogen-bond donors (Lipinski definition) is 4. The molecule has 0 fully saturated rings. The molecule has 0 aromatic heterocycles. The van der Waals surface area contributed by atoms with Crippen molar-refractivity contribution in [3.63, 3.8) is 0 Å². The number of carbonyl (C=O) groups excluding carboxylic acids is 7. The molecule has 5 amide bonds. The number of amides is 5. The molecular weight excluding hydrogens is 757 g/mol. The highest BCUT2D eigenvalue weighted by molar-refractivity contribution is 5.96. The Balaban J connectivity index is 2.61. The van der Waals surface area contributed by atoms with Crippen molar-refractivity contribution in [3.8, 4) is 0 Å². The van der Waals surface area contributed by atoms with Gasteiger partial charge >= 0.3 is 11.9 Å². The van der Waals surface area contributed by atoms with Gasteiger partial charge in [0.25, 0.3) is 5.91 Å². The van der Waals surface area contributed by atoms with Crippen molar-refractivity contribution < 1.29 is 43.0 Å². The third-order valence-electron chi connectivity index (χ3n) is 11.3. The molecule has 2 rings (SSSR count). The fraction of sp³-hybridized carbons (Fsp3) is 0.659. The zero-order valence-electron chi connectivity index (χ0n) is 37.2. The van der Waals surface area contributed by atoms with Crippen LogP contribution in [0.25, 0.3) is 0 Å². The Kier molecular flexibility index (Phi) is 20.2. The van der Waals surface area contributed by atoms with Crippen LogP contribution in [0.15, 0.2) is 42.0 Å². The molecule has 0 spiro atoms. The first-order valence-electron chi connectivity index (χ1n) is 20.9. The maximum absolute atomic E-state index is 14.1. The van der Waals surface area contributed by atoms with Crippen LogP contribution in [0.4, 0.5) is 0 Å². The molecule has 0 bridgehead atoms. The fourth-order valence-corrected chi connectivity index (χ4v) is 6.81. The van der Waals surface area contributed by atoms with E-state index in [-0.39, 0.29) is 48.5 Å². The van der Waals surface area contributed by atoms with Gasteiger partial charge in [-0.3, -0.25) is 24.0 Å². The molecular formula is C44H70N6O9. The van der Waals surface area contributed by atoms with Gasteiger partial charge in [-0.15, -0.1) is 0 Å². The van der Waals surface area contributed by atoms with E-state index in [1.54, 1.807) is 32.1 Å². The maximum atomic E-state index is 14.1. The van der Waals surface area contributed by atoms with Crippen molar-refractivity contribution in [1.29, 1.82) is 0 Å². The lowest BCUT2D eigenvalue weighted by atomic mass is 9.85. The molecule has 1 aromatic carbocycles. The molecule has 0 aliphatic carbocycles. The number of ether oxygens (including phenoxy) is 2. The van der Waals surface area contributed by atoms with Crippen LogP contribution in [0.5, 0.6) is 0 Å². The molecule has 2 unspecified atom stereocenters. The minimum atomic E-state index is -1.22. The molecule has 330 valence electrons. The van der Waals surface area contributed by atoms with Gasteiger partial charge in [-0.1, -0.05) is 97.7 Å². The Hall–Kier alpha value is -4.79. The van der Waals surface area contributed by atoms with E-state index < -0.39 is 90.4 Å². The summed E-state index contributed by atoms with van der Waals surface area (Å²) in [7, 11) is 2.88. The predicted molar refractivity (Wildman–Crippen MR) is 225 cm³/mol. The summed E-state index contributed by atoms with van der Waals surface area (Å²) in [6.45, 7) is 17.3. The van der Waals surface area contributed by atoms with Crippen molar-refractivity contribution in [2.75, 3.05) is 20.6 Å². The monoisotopic (exact) mass is 827 g/mol. The molecule has 1 aliphatic heterocycles. The average Bonchev–Trinajstić information content (AvgIpc) is 3.20. The number of carbonyl (C=O) groups is 7. The maximum Gasteiger partial charge on any atom is 0.334 e. The quantitative estimate of drug-likeness (QED) is 0.282. The van der Waals surface area contributed by atoms with E-state index in [0.29, 0.717) is 12.8 Å². The third kappa shape index (κ3) is 15.1. The summed E-state index contributed by atoms with van der Waals surface area (Å²) in [5.74, 6) is -5.31. The lowest BCUT2D eigenvalue weighted by Gasteiger charge is -2.34. The number of esters is 2. The molecule has 5 N–H and O–H groups in total. The molecule has 10 atom stereocenters. The standard InChI is InChI=1S/C44H70N6O9/c1-13-26(5)37-40(53)47-31(10)44(57)59-38(27(6)14-2)29(8)33(45)21-20-28(7)43(56)58-35(22-25(3)4)39(52)46-30(9)41(54)50(12)34(23-32-18-16-15-17-19-32)42(55)49(11)24-36(51)48-37/h15-20,25-27,29-31,33-35,37-38H,13-14,21-24,45H2,1-12H3,(H,46,52)(H,47,53)(H,48,51)/b28-20+/t26?,27-,29-,30-,31+,33-,34+,35+,37?,38+/m0/s1. The van der Waals surface area contributed by atoms with Crippen molar-refractivity contribution >= 4 is 41.5 Å². The lowest BCUT2D eigenvalue weighted by Crippen LogP contribution is -2.57. The van der Waals surface area contributed by atoms with Crippen LogP contribution >= 0.6 is 0 Å². The van der Waals surface area contributed by atoms with Gasteiger partial charge < -0.3 is 41.0 Å². The lowest BCUT2D eigenvalue weighted by molar-refractivity contribution is -0.158. The number of nitrogens with one attached hydrogen (secondary N) is 3. The van der Waals surface area contributed by atoms with Crippen molar-refractivity contribution in [3.05, 3.63) is 47.5 Å². The second-order valence-corrected chi connectivity index (χ2v) is 16.7. The number of cyclic esters (lactones) is 2. The normalized spacial score (nSPS) is 29.1. The molecule has 0 radical (unpaired) electrons. The summed E-state index contributed by atoms with van der Waals surface area (Å²) in [4.78, 5) is 98.2. The Labute approximate surface area is 350 Å². The van der Waals surface area contributed by atoms with Gasteiger partial charge in [-0.2, -0.15) is 0 Å². The van der Waals surface area contributed by atoms with E-state index in [1.807, 2.05) is 59.7 Å². The van der Waals surface area contributed by atoms with Crippen LogP contribution in [-0.4, -0.2) is 114 Å². The van der Waals surface area contributed by atoms with Crippen LogP contribution in [0.3, 0.4) is 0 Å². The van der Waals surface area contributed by atoms with Crippen LogP contribution < -0.4 is 21.7 Å². The highest BCUT2D eigenvalue weighted by atomic mass is 16.6. The molecule has 59 heavy (non-hydrogen) atoms. The van der Waals surface area contributed by atoms with E-state index in [0.717, 1.165) is 5.56 Å². The summed E-state index contributed by atoms with van der Waals surface area (Å²) in [5, 5.41) is 8.14. The molecule has 1 heterocycles. The van der Waals surface area contributed by atoms with Gasteiger partial charge in [0.15, 0.2) is 6.10 Å². The smallest absolute Gasteiger partial charge is 0.334 e. The minimum absolute atomic E-state index is 0.0524. The summed E-state index contributed by atoms with van der Waals surface area (Å²) in [5.41, 5.74) is 7.60. The molecule has 1 aliphatic rings. The molecule has 15 nitrogen and oxygen atoms in total. The summed E-state index contributed by atoms with van der Waals surface area (Å²) in [6, 6.07) is 4.16. The average molecular weight is 827 g/mol. The number of benzene rings is 1. The van der Waals surface area contributed by atoms with Crippen molar-refractivity contribution in [1.82, 2.24) is 25.8 Å². The topological polar surface area (TPSA) is 207 Å². The minimum Gasteiger partial charge on any atom is -0.460 e. The summed E-state index contributed by atoms with van der Waals surface area (Å²) in [6.07, 6.45) is 1.46. The van der Waals surface area contributed by atoms with Gasteiger partial charge in [0.1, 0.15) is 30.3 Å². The zero-order chi connectivity index (χ0) is 44.7. The third-order valence-corrected chi connectivity index (χ3v) is 11.3. The van der Waals surface area contributed by atoms with Gasteiger partial charge in [0.2, 0.25) is 23.6 Å². The first kappa shape index (κ1) is 50.4. The van der Waals surface area contributed by atoms with E-state index >= 15 is 0 Å². The van der Waals surface area contributed by atoms with Gasteiger partial charge in [-0.05, 0) is 56.9 Å². The molecule has 0 saturated heterocycles. The Morgan fingerprint density at radius 3 is 1.97 bits per heavy atom. The zero-order valence-corrected chi connectivity index (χ0v) is 37.2. The Morgan fingerprint density at radius 1 is 0.797 bits per heavy atom. The summed E-state index contributed by atoms with van der Waals surface area (Å²) >= 11 is 0. The van der Waals surface area contributed by atoms with Gasteiger partial charge in [0.05, 0.1) is 6.54 Å². The van der Waals surface area contributed by atoms with Gasteiger partial charge in [0, 0.05) is 38.0 Å². The fourth-order valence-electron chi connectivity index (χ4n) is 6.81. The van der Waals surface area contributed by atoms with Crippen LogP contribution in [0.1, 0.15) is 100 Å². The molecule has 1 aromatic rings. The van der Waals surface area contributed by atoms with E-state index in [1.165, 1.54) is 37.7 Å². The predicted octanol–water partition coefficient (Wildman–Crippen LogP) is 3.28. The number of likely N-dealkylation sites (N-methyl/N-ethyl adjacent to an activating group) is 2. The highest BCUT2D eigenvalue weighted by Crippen LogP contribution is 2.25. The second kappa shape index (κ2) is 23.7.